The summed E-state index contributed by atoms with van der Waals surface area (Å²) in [7, 11) is 1.70. The molecule has 0 saturated carbocycles. The molecule has 10 heteroatoms. The number of nitrogens with zero attached hydrogens (tertiary/aromatic N) is 6. The Hall–Kier alpha value is -2.78. The van der Waals surface area contributed by atoms with E-state index in [4.69, 9.17) is 0 Å². The fourth-order valence-electron chi connectivity index (χ4n) is 4.10. The van der Waals surface area contributed by atoms with Crippen molar-refractivity contribution < 1.29 is 9.59 Å². The van der Waals surface area contributed by atoms with Crippen molar-refractivity contribution in [1.29, 1.82) is 0 Å². The molecule has 2 unspecified atom stereocenters. The van der Waals surface area contributed by atoms with E-state index in [9.17, 15) is 9.59 Å². The van der Waals surface area contributed by atoms with E-state index in [0.29, 0.717) is 11.5 Å². The van der Waals surface area contributed by atoms with Gasteiger partial charge in [0.05, 0.1) is 6.20 Å². The molecule has 2 atom stereocenters. The number of aromatic nitrogens is 6. The third-order valence-corrected chi connectivity index (χ3v) is 5.16. The summed E-state index contributed by atoms with van der Waals surface area (Å²) in [6.45, 7) is 1.75. The van der Waals surface area contributed by atoms with Crippen LogP contribution in [-0.2, 0) is 7.05 Å². The predicted molar refractivity (Wildman–Crippen MR) is 90.2 cm³/mol. The van der Waals surface area contributed by atoms with Crippen LogP contribution in [0.3, 0.4) is 0 Å². The van der Waals surface area contributed by atoms with Gasteiger partial charge in [-0.3, -0.25) is 14.7 Å². The molecule has 2 aliphatic rings. The van der Waals surface area contributed by atoms with Crippen molar-refractivity contribution in [1.82, 2.24) is 40.4 Å². The first-order valence-electron chi connectivity index (χ1n) is 8.90. The van der Waals surface area contributed by atoms with Gasteiger partial charge in [0, 0.05) is 25.2 Å². The number of carbonyl (C=O) groups excluding carboxylic acids is 2. The number of hydrogen-bond donors (Lipinski definition) is 2. The first-order valence-corrected chi connectivity index (χ1v) is 8.90. The minimum Gasteiger partial charge on any atom is -0.346 e. The number of fused-ring (bicyclic) bond motifs is 2. The Morgan fingerprint density at radius 2 is 2.00 bits per heavy atom. The molecule has 2 aliphatic heterocycles. The lowest BCUT2D eigenvalue weighted by molar-refractivity contribution is 0.0201. The number of amides is 2. The molecular formula is C16H22N8O2. The third-order valence-electron chi connectivity index (χ3n) is 5.16. The molecule has 26 heavy (non-hydrogen) atoms. The van der Waals surface area contributed by atoms with Crippen LogP contribution in [0.25, 0.3) is 0 Å². The largest absolute Gasteiger partial charge is 0.346 e. The second-order valence-electron chi connectivity index (χ2n) is 7.06. The van der Waals surface area contributed by atoms with Crippen LogP contribution in [0, 0.1) is 6.92 Å². The Balaban J connectivity index is 1.46. The van der Waals surface area contributed by atoms with Crippen LogP contribution >= 0.6 is 0 Å². The highest BCUT2D eigenvalue weighted by Crippen LogP contribution is 2.35. The number of hydrogen-bond acceptors (Lipinski definition) is 6. The summed E-state index contributed by atoms with van der Waals surface area (Å²) < 4.78 is 0. The maximum absolute atomic E-state index is 12.9. The SMILES string of the molecule is Cc1nc(C(=O)NC2CC3CCCC(C2)N3C(=O)c2cnn(C)n2)n[nH]1. The van der Waals surface area contributed by atoms with E-state index >= 15 is 0 Å². The lowest BCUT2D eigenvalue weighted by Gasteiger charge is -2.48. The van der Waals surface area contributed by atoms with Gasteiger partial charge >= 0.3 is 0 Å². The minimum atomic E-state index is -0.272. The Kier molecular flexibility index (Phi) is 4.17. The second-order valence-corrected chi connectivity index (χ2v) is 7.06. The van der Waals surface area contributed by atoms with Crippen molar-refractivity contribution >= 4 is 11.8 Å². The molecule has 4 heterocycles. The lowest BCUT2D eigenvalue weighted by atomic mass is 9.81. The predicted octanol–water partition coefficient (Wildman–Crippen LogP) is 0.197. The average Bonchev–Trinajstić information content (AvgIpc) is 3.22. The fourth-order valence-corrected chi connectivity index (χ4v) is 4.10. The van der Waals surface area contributed by atoms with Gasteiger partial charge in [-0.1, -0.05) is 0 Å². The van der Waals surface area contributed by atoms with E-state index in [-0.39, 0.29) is 35.8 Å². The molecule has 138 valence electrons. The normalized spacial score (nSPS) is 25.2. The van der Waals surface area contributed by atoms with Crippen molar-refractivity contribution in [2.75, 3.05) is 0 Å². The molecule has 2 amide bonds. The van der Waals surface area contributed by atoms with Crippen molar-refractivity contribution in [3.8, 4) is 0 Å². The van der Waals surface area contributed by atoms with Crippen LogP contribution in [0.15, 0.2) is 6.20 Å². The van der Waals surface area contributed by atoms with Crippen molar-refractivity contribution in [3.05, 3.63) is 23.5 Å². The molecule has 2 N–H and O–H groups in total. The van der Waals surface area contributed by atoms with E-state index in [0.717, 1.165) is 32.1 Å². The summed E-state index contributed by atoms with van der Waals surface area (Å²) in [5.74, 6) is 0.426. The Morgan fingerprint density at radius 3 is 2.58 bits per heavy atom. The molecule has 0 aromatic carbocycles. The summed E-state index contributed by atoms with van der Waals surface area (Å²) in [5.41, 5.74) is 0.378. The maximum atomic E-state index is 12.9. The topological polar surface area (TPSA) is 122 Å². The number of H-pyrrole nitrogens is 1. The second kappa shape index (κ2) is 6.50. The van der Waals surface area contributed by atoms with Gasteiger partial charge in [-0.15, -0.1) is 10.2 Å². The lowest BCUT2D eigenvalue weighted by Crippen LogP contribution is -2.59. The highest BCUT2D eigenvalue weighted by Gasteiger charge is 2.42. The Bertz CT molecular complexity index is 814. The van der Waals surface area contributed by atoms with Gasteiger partial charge < -0.3 is 10.2 Å². The molecular weight excluding hydrogens is 336 g/mol. The summed E-state index contributed by atoms with van der Waals surface area (Å²) >= 11 is 0. The van der Waals surface area contributed by atoms with Gasteiger partial charge in [-0.25, -0.2) is 4.98 Å². The number of carbonyl (C=O) groups is 2. The summed E-state index contributed by atoms with van der Waals surface area (Å²) in [6.07, 6.45) is 5.95. The highest BCUT2D eigenvalue weighted by molar-refractivity contribution is 5.93. The Labute approximate surface area is 150 Å². The molecule has 2 bridgehead atoms. The zero-order valence-corrected chi connectivity index (χ0v) is 14.8. The van der Waals surface area contributed by atoms with Crippen LogP contribution in [0.5, 0.6) is 0 Å². The number of aromatic amines is 1. The van der Waals surface area contributed by atoms with Gasteiger partial charge in [0.25, 0.3) is 11.8 Å². The number of piperidine rings is 2. The summed E-state index contributed by atoms with van der Waals surface area (Å²) in [5, 5.41) is 17.8. The van der Waals surface area contributed by atoms with Gasteiger partial charge in [-0.2, -0.15) is 9.90 Å². The third kappa shape index (κ3) is 3.06. The van der Waals surface area contributed by atoms with Crippen LogP contribution in [0.4, 0.5) is 0 Å². The molecule has 2 fully saturated rings. The van der Waals surface area contributed by atoms with E-state index in [1.165, 1.54) is 11.0 Å². The van der Waals surface area contributed by atoms with E-state index in [2.05, 4.69) is 30.7 Å². The molecule has 0 radical (unpaired) electrons. The molecule has 0 aliphatic carbocycles. The summed E-state index contributed by atoms with van der Waals surface area (Å²) in [6, 6.07) is 0.231. The molecule has 0 spiro atoms. The van der Waals surface area contributed by atoms with Gasteiger partial charge in [0.1, 0.15) is 5.82 Å². The zero-order chi connectivity index (χ0) is 18.3. The average molecular weight is 358 g/mol. The highest BCUT2D eigenvalue weighted by atomic mass is 16.2. The van der Waals surface area contributed by atoms with Gasteiger partial charge in [0.2, 0.25) is 5.82 Å². The monoisotopic (exact) mass is 358 g/mol. The Morgan fingerprint density at radius 1 is 1.27 bits per heavy atom. The van der Waals surface area contributed by atoms with Crippen LogP contribution in [0.2, 0.25) is 0 Å². The quantitative estimate of drug-likeness (QED) is 0.808. The standard InChI is InChI=1S/C16H22N8O2/c1-9-18-14(21-20-9)15(25)19-10-6-11-4-3-5-12(7-10)24(11)16(26)13-8-17-23(2)22-13/h8,10-12H,3-7H2,1-2H3,(H,19,25)(H,18,20,21). The van der Waals surface area contributed by atoms with Gasteiger partial charge in [-0.05, 0) is 39.0 Å². The minimum absolute atomic E-state index is 0.0162. The molecule has 2 aromatic rings. The van der Waals surface area contributed by atoms with Crippen LogP contribution < -0.4 is 5.32 Å². The number of rotatable bonds is 3. The van der Waals surface area contributed by atoms with Crippen molar-refractivity contribution in [3.63, 3.8) is 0 Å². The zero-order valence-electron chi connectivity index (χ0n) is 14.8. The van der Waals surface area contributed by atoms with E-state index < -0.39 is 0 Å². The smallest absolute Gasteiger partial charge is 0.291 e. The molecule has 10 nitrogen and oxygen atoms in total. The number of aryl methyl sites for hydroxylation is 2. The van der Waals surface area contributed by atoms with E-state index in [1.807, 2.05) is 4.90 Å². The fraction of sp³-hybridized carbons (Fsp3) is 0.625. The number of nitrogens with one attached hydrogen (secondary N) is 2. The molecule has 2 aromatic heterocycles. The van der Waals surface area contributed by atoms with Crippen molar-refractivity contribution in [2.24, 2.45) is 7.05 Å². The summed E-state index contributed by atoms with van der Waals surface area (Å²) in [4.78, 5) is 32.6. The van der Waals surface area contributed by atoms with E-state index in [1.54, 1.807) is 14.0 Å². The van der Waals surface area contributed by atoms with Gasteiger partial charge in [0.15, 0.2) is 5.69 Å². The van der Waals surface area contributed by atoms with Crippen molar-refractivity contribution in [2.45, 2.75) is 57.2 Å². The molecule has 4 rings (SSSR count). The maximum Gasteiger partial charge on any atom is 0.291 e. The first kappa shape index (κ1) is 16.7. The first-order chi connectivity index (χ1) is 12.5. The molecule has 2 saturated heterocycles. The van der Waals surface area contributed by atoms with Crippen LogP contribution in [-0.4, -0.2) is 65.0 Å². The van der Waals surface area contributed by atoms with Crippen LogP contribution in [0.1, 0.15) is 59.0 Å².